The van der Waals surface area contributed by atoms with Crippen LogP contribution in [0, 0.1) is 5.92 Å². The number of rotatable bonds is 5. The molecule has 4 aromatic rings. The summed E-state index contributed by atoms with van der Waals surface area (Å²) in [6, 6.07) is 31.8. The maximum Gasteiger partial charge on any atom is 0.0795 e. The molecule has 3 aliphatic rings. The zero-order valence-corrected chi connectivity index (χ0v) is 22.1. The zero-order valence-electron chi connectivity index (χ0n) is 22.1. The third-order valence-corrected chi connectivity index (χ3v) is 9.03. The highest BCUT2D eigenvalue weighted by atomic mass is 16.5. The summed E-state index contributed by atoms with van der Waals surface area (Å²) in [6.07, 6.45) is 17.4. The Bertz CT molecular complexity index is 1590. The lowest BCUT2D eigenvalue weighted by Crippen LogP contribution is -2.44. The molecular formula is C37H34O. The molecular weight excluding hydrogens is 460 g/mol. The third kappa shape index (κ3) is 3.56. The maximum absolute atomic E-state index is 6.24. The molecule has 0 saturated carbocycles. The summed E-state index contributed by atoms with van der Waals surface area (Å²) >= 11 is 0. The summed E-state index contributed by atoms with van der Waals surface area (Å²) in [7, 11) is 1.88. The molecule has 3 unspecified atom stereocenters. The second kappa shape index (κ2) is 9.57. The fourth-order valence-corrected chi connectivity index (χ4v) is 7.45. The van der Waals surface area contributed by atoms with Gasteiger partial charge in [-0.25, -0.2) is 0 Å². The molecule has 4 aromatic carbocycles. The summed E-state index contributed by atoms with van der Waals surface area (Å²) in [5.74, 6) is 0.319. The molecule has 0 bridgehead atoms. The fraction of sp³-hybridized carbons (Fsp3) is 0.243. The van der Waals surface area contributed by atoms with Gasteiger partial charge >= 0.3 is 0 Å². The molecule has 0 saturated heterocycles. The highest BCUT2D eigenvalue weighted by molar-refractivity contribution is 6.03. The topological polar surface area (TPSA) is 9.23 Å². The van der Waals surface area contributed by atoms with E-state index in [-0.39, 0.29) is 11.5 Å². The molecule has 0 aromatic heterocycles. The van der Waals surface area contributed by atoms with Gasteiger partial charge in [0.1, 0.15) is 0 Å². The molecule has 3 aliphatic carbocycles. The Morgan fingerprint density at radius 1 is 0.789 bits per heavy atom. The first-order valence-corrected chi connectivity index (χ1v) is 14.1. The molecule has 38 heavy (non-hydrogen) atoms. The lowest BCUT2D eigenvalue weighted by molar-refractivity contribution is 0.0587. The van der Waals surface area contributed by atoms with Gasteiger partial charge in [0, 0.05) is 13.0 Å². The molecule has 0 amide bonds. The molecule has 0 N–H and O–H groups in total. The van der Waals surface area contributed by atoms with Crippen LogP contribution in [0.4, 0.5) is 0 Å². The molecule has 0 spiro atoms. The van der Waals surface area contributed by atoms with Gasteiger partial charge in [-0.3, -0.25) is 0 Å². The van der Waals surface area contributed by atoms with Crippen molar-refractivity contribution in [2.45, 2.75) is 43.6 Å². The number of hydrogen-bond acceptors (Lipinski definition) is 1. The lowest BCUT2D eigenvalue weighted by Gasteiger charge is -2.45. The van der Waals surface area contributed by atoms with Gasteiger partial charge < -0.3 is 4.74 Å². The van der Waals surface area contributed by atoms with E-state index in [9.17, 15) is 0 Å². The Morgan fingerprint density at radius 3 is 2.50 bits per heavy atom. The van der Waals surface area contributed by atoms with Crippen LogP contribution in [0.25, 0.3) is 21.9 Å². The standard InChI is InChI=1S/C37H34O/c1-38-35-19-11-10-18-32(35)37(29-15-6-3-7-16-29)33-23-21-28-14-8-9-17-30(28)36(33)31-22-20-27(25-34(31)37)24-26-12-4-2-5-13-26/h2,4-6,8-9,11-17,19-23,25,32,35H,3,7,10,18,24H2,1H3. The average molecular weight is 495 g/mol. The second-order valence-electron chi connectivity index (χ2n) is 11.0. The summed E-state index contributed by atoms with van der Waals surface area (Å²) in [5, 5.41) is 2.66. The second-order valence-corrected chi connectivity index (χ2v) is 11.0. The minimum absolute atomic E-state index is 0.0722. The number of allylic oxidation sites excluding steroid dienone is 5. The highest BCUT2D eigenvalue weighted by Crippen LogP contribution is 2.61. The number of benzene rings is 4. The Kier molecular flexibility index (Phi) is 5.90. The molecule has 0 heterocycles. The van der Waals surface area contributed by atoms with Gasteiger partial charge in [0.25, 0.3) is 0 Å². The first-order chi connectivity index (χ1) is 18.8. The Balaban J connectivity index is 1.55. The molecule has 3 atom stereocenters. The quantitative estimate of drug-likeness (QED) is 0.252. The molecule has 0 fully saturated rings. The van der Waals surface area contributed by atoms with E-state index in [0.717, 1.165) is 32.1 Å². The maximum atomic E-state index is 6.24. The molecule has 0 radical (unpaired) electrons. The van der Waals surface area contributed by atoms with Crippen LogP contribution in [0.1, 0.15) is 47.9 Å². The predicted molar refractivity (Wildman–Crippen MR) is 159 cm³/mol. The summed E-state index contributed by atoms with van der Waals surface area (Å²) in [4.78, 5) is 0. The van der Waals surface area contributed by atoms with Crippen LogP contribution in [-0.4, -0.2) is 13.2 Å². The highest BCUT2D eigenvalue weighted by Gasteiger charge is 2.53. The Hall–Kier alpha value is -3.68. The summed E-state index contributed by atoms with van der Waals surface area (Å²) in [5.41, 5.74) is 9.62. The van der Waals surface area contributed by atoms with Crippen molar-refractivity contribution < 1.29 is 4.74 Å². The lowest BCUT2D eigenvalue weighted by atomic mass is 9.59. The Labute approximate surface area is 226 Å². The predicted octanol–water partition coefficient (Wildman–Crippen LogP) is 8.95. The average Bonchev–Trinajstić information content (AvgIpc) is 3.29. The normalized spacial score (nSPS) is 23.8. The molecule has 1 heteroatoms. The first-order valence-electron chi connectivity index (χ1n) is 14.1. The minimum Gasteiger partial charge on any atom is -0.377 e. The van der Waals surface area contributed by atoms with Gasteiger partial charge in [0.05, 0.1) is 11.5 Å². The van der Waals surface area contributed by atoms with Crippen LogP contribution >= 0.6 is 0 Å². The van der Waals surface area contributed by atoms with E-state index < -0.39 is 0 Å². The van der Waals surface area contributed by atoms with Crippen molar-refractivity contribution in [2.75, 3.05) is 7.11 Å². The van der Waals surface area contributed by atoms with Gasteiger partial charge in [-0.1, -0.05) is 115 Å². The zero-order chi connectivity index (χ0) is 25.5. The van der Waals surface area contributed by atoms with E-state index in [0.29, 0.717) is 5.92 Å². The van der Waals surface area contributed by atoms with Crippen LogP contribution in [0.5, 0.6) is 0 Å². The van der Waals surface area contributed by atoms with Crippen molar-refractivity contribution in [3.05, 3.63) is 143 Å². The van der Waals surface area contributed by atoms with Crippen molar-refractivity contribution in [2.24, 2.45) is 5.92 Å². The van der Waals surface area contributed by atoms with Crippen molar-refractivity contribution in [3.63, 3.8) is 0 Å². The fourth-order valence-electron chi connectivity index (χ4n) is 7.45. The van der Waals surface area contributed by atoms with Crippen LogP contribution < -0.4 is 0 Å². The summed E-state index contributed by atoms with van der Waals surface area (Å²) < 4.78 is 6.24. The van der Waals surface area contributed by atoms with Crippen molar-refractivity contribution >= 4 is 10.8 Å². The smallest absolute Gasteiger partial charge is 0.0795 e. The summed E-state index contributed by atoms with van der Waals surface area (Å²) in [6.45, 7) is 0. The molecule has 188 valence electrons. The molecule has 7 rings (SSSR count). The van der Waals surface area contributed by atoms with Crippen molar-refractivity contribution in [3.8, 4) is 11.1 Å². The van der Waals surface area contributed by atoms with E-state index in [1.807, 2.05) is 7.11 Å². The van der Waals surface area contributed by atoms with Crippen LogP contribution in [0.3, 0.4) is 0 Å². The van der Waals surface area contributed by atoms with Gasteiger partial charge in [0.2, 0.25) is 0 Å². The SMILES string of the molecule is COC1C=CCCC1C1(C2=CCCC=C2)c2cc(Cc3ccccc3)ccc2-c2c1ccc1ccccc21. The first kappa shape index (κ1) is 23.4. The largest absolute Gasteiger partial charge is 0.377 e. The number of hydrogen-bond donors (Lipinski definition) is 0. The van der Waals surface area contributed by atoms with Crippen LogP contribution in [0.15, 0.2) is 121 Å². The Morgan fingerprint density at radius 2 is 1.66 bits per heavy atom. The molecule has 1 nitrogen and oxygen atoms in total. The van der Waals surface area contributed by atoms with Gasteiger partial charge in [-0.2, -0.15) is 0 Å². The minimum atomic E-state index is -0.246. The van der Waals surface area contributed by atoms with Gasteiger partial charge in [0.15, 0.2) is 0 Å². The third-order valence-electron chi connectivity index (χ3n) is 9.03. The van der Waals surface area contributed by atoms with Crippen LogP contribution in [-0.2, 0) is 16.6 Å². The number of methoxy groups -OCH3 is 1. The number of fused-ring (bicyclic) bond motifs is 5. The van der Waals surface area contributed by atoms with Crippen molar-refractivity contribution in [1.29, 1.82) is 0 Å². The number of ether oxygens (including phenoxy) is 1. The van der Waals surface area contributed by atoms with Gasteiger partial charge in [-0.05, 0) is 81.8 Å². The van der Waals surface area contributed by atoms with E-state index >= 15 is 0 Å². The van der Waals surface area contributed by atoms with E-state index in [1.165, 1.54) is 49.7 Å². The monoisotopic (exact) mass is 494 g/mol. The van der Waals surface area contributed by atoms with E-state index in [1.54, 1.807) is 0 Å². The van der Waals surface area contributed by atoms with E-state index in [2.05, 4.69) is 115 Å². The van der Waals surface area contributed by atoms with Crippen molar-refractivity contribution in [1.82, 2.24) is 0 Å². The van der Waals surface area contributed by atoms with Gasteiger partial charge in [-0.15, -0.1) is 0 Å². The molecule has 0 aliphatic heterocycles. The van der Waals surface area contributed by atoms with Crippen LogP contribution in [0.2, 0.25) is 0 Å². The van der Waals surface area contributed by atoms with E-state index in [4.69, 9.17) is 4.74 Å².